The number of nitrogens with one attached hydrogen (secondary N) is 1. The maximum Gasteiger partial charge on any atom is 0.296 e. The molecule has 82 valence electrons. The second kappa shape index (κ2) is 2.98. The number of aromatic nitrogens is 1. The minimum Gasteiger partial charge on any atom is -0.379 e. The molecular formula is C10H14N2O3. The molecule has 0 saturated carbocycles. The Kier molecular flexibility index (Phi) is 1.99. The highest BCUT2D eigenvalue weighted by atomic mass is 16.5. The molecule has 15 heavy (non-hydrogen) atoms. The van der Waals surface area contributed by atoms with Crippen molar-refractivity contribution >= 4 is 5.91 Å². The van der Waals surface area contributed by atoms with Crippen LogP contribution in [0.25, 0.3) is 0 Å². The zero-order chi connectivity index (χ0) is 11.2. The molecule has 5 nitrogen and oxygen atoms in total. The quantitative estimate of drug-likeness (QED) is 0.677. The van der Waals surface area contributed by atoms with Crippen LogP contribution >= 0.6 is 0 Å². The van der Waals surface area contributed by atoms with E-state index in [4.69, 9.17) is 4.52 Å². The van der Waals surface area contributed by atoms with Crippen LogP contribution < -0.4 is 10.9 Å². The summed E-state index contributed by atoms with van der Waals surface area (Å²) in [6, 6.07) is 0. The van der Waals surface area contributed by atoms with Crippen molar-refractivity contribution in [1.82, 2.24) is 10.1 Å². The molecule has 0 unspecified atom stereocenters. The summed E-state index contributed by atoms with van der Waals surface area (Å²) in [6.07, 6.45) is 0.583. The number of carbonyl (C=O) groups is 1. The largest absolute Gasteiger partial charge is 0.379 e. The summed E-state index contributed by atoms with van der Waals surface area (Å²) in [5.74, 6) is 0.173. The normalized spacial score (nSPS) is 16.1. The van der Waals surface area contributed by atoms with Crippen LogP contribution in [-0.2, 0) is 12.0 Å². The molecule has 0 spiro atoms. The summed E-state index contributed by atoms with van der Waals surface area (Å²) < 4.78 is 6.68. The summed E-state index contributed by atoms with van der Waals surface area (Å²) in [7, 11) is 0. The lowest BCUT2D eigenvalue weighted by Crippen LogP contribution is -2.37. The molecule has 1 aliphatic rings. The molecule has 1 amide bonds. The number of hydrogen-bond acceptors (Lipinski definition) is 3. The van der Waals surface area contributed by atoms with E-state index in [1.54, 1.807) is 0 Å². The van der Waals surface area contributed by atoms with Crippen molar-refractivity contribution in [3.05, 3.63) is 21.7 Å². The van der Waals surface area contributed by atoms with Gasteiger partial charge in [-0.05, 0) is 20.8 Å². The van der Waals surface area contributed by atoms with Gasteiger partial charge in [0.05, 0.1) is 5.54 Å². The van der Waals surface area contributed by atoms with Crippen LogP contribution in [0.2, 0.25) is 0 Å². The van der Waals surface area contributed by atoms with Gasteiger partial charge in [-0.2, -0.15) is 4.74 Å². The molecule has 1 N–H and O–H groups in total. The lowest BCUT2D eigenvalue weighted by atomic mass is 10.1. The first-order valence-corrected chi connectivity index (χ1v) is 4.95. The van der Waals surface area contributed by atoms with Gasteiger partial charge in [0.1, 0.15) is 5.56 Å². The van der Waals surface area contributed by atoms with Crippen molar-refractivity contribution in [2.45, 2.75) is 32.7 Å². The van der Waals surface area contributed by atoms with Crippen molar-refractivity contribution < 1.29 is 9.32 Å². The second-order valence-electron chi connectivity index (χ2n) is 4.67. The standard InChI is InChI=1S/C10H14N2O3/c1-10(2,3)12-9(14)7-6(15-12)4-5-11-8(7)13/h4-5H2,1-3H3,(H,11,13). The van der Waals surface area contributed by atoms with Crippen LogP contribution in [-0.4, -0.2) is 17.2 Å². The van der Waals surface area contributed by atoms with Gasteiger partial charge in [0.2, 0.25) is 0 Å². The van der Waals surface area contributed by atoms with Crippen LogP contribution in [0.15, 0.2) is 9.32 Å². The van der Waals surface area contributed by atoms with Gasteiger partial charge in [-0.1, -0.05) is 0 Å². The minimum atomic E-state index is -0.436. The van der Waals surface area contributed by atoms with E-state index in [0.29, 0.717) is 18.7 Å². The summed E-state index contributed by atoms with van der Waals surface area (Å²) >= 11 is 0. The van der Waals surface area contributed by atoms with Crippen molar-refractivity contribution in [3.8, 4) is 0 Å². The fourth-order valence-corrected chi connectivity index (χ4v) is 1.63. The molecule has 1 aromatic heterocycles. The molecule has 1 aromatic rings. The van der Waals surface area contributed by atoms with E-state index in [-0.39, 0.29) is 17.0 Å². The Balaban J connectivity index is 2.64. The number of carbonyl (C=O) groups excluding carboxylic acids is 1. The van der Waals surface area contributed by atoms with E-state index < -0.39 is 5.54 Å². The van der Waals surface area contributed by atoms with Gasteiger partial charge in [0.25, 0.3) is 11.5 Å². The maximum absolute atomic E-state index is 11.9. The van der Waals surface area contributed by atoms with Crippen LogP contribution in [0.1, 0.15) is 36.9 Å². The minimum absolute atomic E-state index is 0.163. The Morgan fingerprint density at radius 2 is 2.00 bits per heavy atom. The number of hydrogen-bond donors (Lipinski definition) is 1. The lowest BCUT2D eigenvalue weighted by Gasteiger charge is -2.16. The first-order valence-electron chi connectivity index (χ1n) is 4.95. The summed E-state index contributed by atoms with van der Waals surface area (Å²) in [5.41, 5.74) is -0.611. The highest BCUT2D eigenvalue weighted by Gasteiger charge is 2.30. The van der Waals surface area contributed by atoms with E-state index in [2.05, 4.69) is 5.32 Å². The summed E-state index contributed by atoms with van der Waals surface area (Å²) in [5, 5.41) is 2.63. The monoisotopic (exact) mass is 210 g/mol. The van der Waals surface area contributed by atoms with Gasteiger partial charge < -0.3 is 9.84 Å². The molecule has 1 aliphatic heterocycles. The first-order chi connectivity index (χ1) is 6.91. The Morgan fingerprint density at radius 3 is 2.53 bits per heavy atom. The Morgan fingerprint density at radius 1 is 1.33 bits per heavy atom. The summed E-state index contributed by atoms with van der Waals surface area (Å²) in [4.78, 5) is 23.3. The Bertz CT molecular complexity index is 462. The zero-order valence-corrected chi connectivity index (χ0v) is 9.09. The van der Waals surface area contributed by atoms with E-state index in [0.717, 1.165) is 0 Å². The van der Waals surface area contributed by atoms with E-state index in [9.17, 15) is 9.59 Å². The molecule has 0 fully saturated rings. The molecule has 0 bridgehead atoms. The van der Waals surface area contributed by atoms with E-state index >= 15 is 0 Å². The smallest absolute Gasteiger partial charge is 0.296 e. The van der Waals surface area contributed by atoms with Gasteiger partial charge in [0, 0.05) is 13.0 Å². The third-order valence-electron chi connectivity index (χ3n) is 2.35. The van der Waals surface area contributed by atoms with Crippen molar-refractivity contribution in [2.24, 2.45) is 0 Å². The molecule has 5 heteroatoms. The van der Waals surface area contributed by atoms with E-state index in [1.807, 2.05) is 20.8 Å². The van der Waals surface area contributed by atoms with Crippen molar-refractivity contribution in [1.29, 1.82) is 0 Å². The fourth-order valence-electron chi connectivity index (χ4n) is 1.63. The maximum atomic E-state index is 11.9. The topological polar surface area (TPSA) is 64.2 Å². The first kappa shape index (κ1) is 10.0. The predicted molar refractivity (Wildman–Crippen MR) is 54.0 cm³/mol. The Labute approximate surface area is 87.0 Å². The van der Waals surface area contributed by atoms with Gasteiger partial charge in [-0.25, -0.2) is 0 Å². The molecule has 2 heterocycles. The van der Waals surface area contributed by atoms with Crippen molar-refractivity contribution in [2.75, 3.05) is 6.54 Å². The Hall–Kier alpha value is -1.52. The average molecular weight is 210 g/mol. The average Bonchev–Trinajstić information content (AvgIpc) is 2.44. The molecule has 2 rings (SSSR count). The molecule has 0 aliphatic carbocycles. The van der Waals surface area contributed by atoms with Crippen molar-refractivity contribution in [3.63, 3.8) is 0 Å². The lowest BCUT2D eigenvalue weighted by molar-refractivity contribution is 0.0939. The molecule has 0 saturated heterocycles. The highest BCUT2D eigenvalue weighted by molar-refractivity contribution is 5.95. The number of amides is 1. The number of nitrogens with zero attached hydrogens (tertiary/aromatic N) is 1. The SMILES string of the molecule is CC(C)(C)n1oc2c(c1=O)C(=O)NCC2. The highest BCUT2D eigenvalue weighted by Crippen LogP contribution is 2.17. The van der Waals surface area contributed by atoms with Crippen LogP contribution in [0.3, 0.4) is 0 Å². The molecule has 0 radical (unpaired) electrons. The van der Waals surface area contributed by atoms with Gasteiger partial charge in [0.15, 0.2) is 5.76 Å². The fraction of sp³-hybridized carbons (Fsp3) is 0.600. The third-order valence-corrected chi connectivity index (χ3v) is 2.35. The summed E-state index contributed by atoms with van der Waals surface area (Å²) in [6.45, 7) is 6.12. The van der Waals surface area contributed by atoms with Gasteiger partial charge >= 0.3 is 0 Å². The van der Waals surface area contributed by atoms with Crippen LogP contribution in [0.5, 0.6) is 0 Å². The van der Waals surface area contributed by atoms with Crippen LogP contribution in [0.4, 0.5) is 0 Å². The van der Waals surface area contributed by atoms with Crippen LogP contribution in [0, 0.1) is 0 Å². The van der Waals surface area contributed by atoms with Gasteiger partial charge in [-0.3, -0.25) is 9.59 Å². The molecular weight excluding hydrogens is 196 g/mol. The van der Waals surface area contributed by atoms with Gasteiger partial charge in [-0.15, -0.1) is 0 Å². The zero-order valence-electron chi connectivity index (χ0n) is 9.09. The number of fused-ring (bicyclic) bond motifs is 1. The molecule has 0 atom stereocenters. The second-order valence-corrected chi connectivity index (χ2v) is 4.67. The predicted octanol–water partition coefficient (Wildman–Crippen LogP) is 0.482. The number of rotatable bonds is 0. The van der Waals surface area contributed by atoms with E-state index in [1.165, 1.54) is 4.74 Å². The molecule has 0 aromatic carbocycles. The third kappa shape index (κ3) is 1.48.